The van der Waals surface area contributed by atoms with E-state index in [2.05, 4.69) is 0 Å². The molecule has 0 radical (unpaired) electrons. The number of rotatable bonds is 7. The number of nitrogens with zero attached hydrogens (tertiary/aromatic N) is 1. The number of carbonyl (C=O) groups is 2. The summed E-state index contributed by atoms with van der Waals surface area (Å²) in [6.07, 6.45) is 0.966. The molecule has 0 unspecified atom stereocenters. The molecule has 0 saturated carbocycles. The van der Waals surface area contributed by atoms with Gasteiger partial charge in [0, 0.05) is 19.5 Å². The number of aliphatic carboxylic acids is 1. The van der Waals surface area contributed by atoms with Crippen molar-refractivity contribution < 1.29 is 24.2 Å². The Bertz CT molecular complexity index is 840. The molecule has 1 saturated heterocycles. The van der Waals surface area contributed by atoms with Crippen molar-refractivity contribution >= 4 is 11.9 Å². The Kier molecular flexibility index (Phi) is 6.64. The number of aliphatic hydroxyl groups is 1. The number of likely N-dealkylation sites (tertiary alicyclic amines) is 1. The smallest absolute Gasteiger partial charge is 0.314 e. The molecule has 3 rings (SSSR count). The minimum absolute atomic E-state index is 0.0393. The van der Waals surface area contributed by atoms with Gasteiger partial charge in [-0.2, -0.15) is 0 Å². The number of hydrogen-bond acceptors (Lipinski definition) is 3. The number of piperidine rings is 1. The molecule has 0 spiro atoms. The molecular formula is C23H26FNO4. The predicted octanol–water partition coefficient (Wildman–Crippen LogP) is 3.06. The van der Waals surface area contributed by atoms with E-state index in [1.165, 1.54) is 24.3 Å². The third-order valence-electron chi connectivity index (χ3n) is 5.69. The van der Waals surface area contributed by atoms with Crippen molar-refractivity contribution in [2.24, 2.45) is 5.41 Å². The lowest BCUT2D eigenvalue weighted by atomic mass is 9.72. The summed E-state index contributed by atoms with van der Waals surface area (Å²) < 4.78 is 13.2. The van der Waals surface area contributed by atoms with Gasteiger partial charge in [-0.15, -0.1) is 0 Å². The lowest BCUT2D eigenvalue weighted by molar-refractivity contribution is -0.165. The van der Waals surface area contributed by atoms with Gasteiger partial charge in [-0.05, 0) is 48.9 Å². The zero-order chi connectivity index (χ0) is 20.9. The van der Waals surface area contributed by atoms with Crippen LogP contribution >= 0.6 is 0 Å². The van der Waals surface area contributed by atoms with Gasteiger partial charge < -0.3 is 15.1 Å². The highest BCUT2D eigenvalue weighted by Crippen LogP contribution is 2.35. The molecule has 0 bridgehead atoms. The number of aliphatic hydroxyl groups excluding tert-OH is 1. The van der Waals surface area contributed by atoms with Crippen LogP contribution in [0, 0.1) is 11.2 Å². The predicted molar refractivity (Wildman–Crippen MR) is 107 cm³/mol. The van der Waals surface area contributed by atoms with Crippen LogP contribution in [0.15, 0.2) is 54.6 Å². The van der Waals surface area contributed by atoms with Crippen LogP contribution in [-0.4, -0.2) is 46.2 Å². The Morgan fingerprint density at radius 2 is 1.76 bits per heavy atom. The zero-order valence-electron chi connectivity index (χ0n) is 16.3. The summed E-state index contributed by atoms with van der Waals surface area (Å²) in [5, 5.41) is 20.5. The van der Waals surface area contributed by atoms with E-state index in [0.29, 0.717) is 24.9 Å². The van der Waals surface area contributed by atoms with E-state index in [1.54, 1.807) is 4.90 Å². The van der Waals surface area contributed by atoms with Crippen molar-refractivity contribution in [3.63, 3.8) is 0 Å². The van der Waals surface area contributed by atoms with Gasteiger partial charge in [-0.1, -0.05) is 42.5 Å². The Balaban J connectivity index is 1.67. The standard InChI is InChI=1S/C23H26FNO4/c24-19-11-9-18(10-12-19)15-23(22(28)29)16-25(14-13-20(23)26)21(27)8-4-7-17-5-2-1-3-6-17/h1-3,5-6,9-12,20,26H,4,7-8,13-16H2,(H,28,29)/t20-,23-/m1/s1. The SMILES string of the molecule is O=C(CCCc1ccccc1)N1CC[C@@H](O)[C@](Cc2ccc(F)cc2)(C(=O)O)C1. The fourth-order valence-corrected chi connectivity index (χ4v) is 3.96. The summed E-state index contributed by atoms with van der Waals surface area (Å²) in [7, 11) is 0. The van der Waals surface area contributed by atoms with Crippen molar-refractivity contribution in [1.29, 1.82) is 0 Å². The van der Waals surface area contributed by atoms with Crippen molar-refractivity contribution in [3.8, 4) is 0 Å². The number of halogens is 1. The highest BCUT2D eigenvalue weighted by atomic mass is 19.1. The molecule has 5 nitrogen and oxygen atoms in total. The Labute approximate surface area is 169 Å². The number of carboxylic acid groups (broad SMARTS) is 1. The van der Waals surface area contributed by atoms with E-state index in [9.17, 15) is 24.2 Å². The molecule has 0 aromatic heterocycles. The molecule has 1 fully saturated rings. The topological polar surface area (TPSA) is 77.8 Å². The monoisotopic (exact) mass is 399 g/mol. The summed E-state index contributed by atoms with van der Waals surface area (Å²) >= 11 is 0. The lowest BCUT2D eigenvalue weighted by Gasteiger charge is -2.43. The van der Waals surface area contributed by atoms with Crippen molar-refractivity contribution in [2.75, 3.05) is 13.1 Å². The summed E-state index contributed by atoms with van der Waals surface area (Å²) in [4.78, 5) is 26.4. The quantitative estimate of drug-likeness (QED) is 0.750. The lowest BCUT2D eigenvalue weighted by Crippen LogP contribution is -2.58. The number of benzene rings is 2. The molecule has 0 aliphatic carbocycles. The van der Waals surface area contributed by atoms with Gasteiger partial charge >= 0.3 is 5.97 Å². The Morgan fingerprint density at radius 3 is 2.41 bits per heavy atom. The van der Waals surface area contributed by atoms with E-state index in [0.717, 1.165) is 12.0 Å². The molecule has 154 valence electrons. The number of carboxylic acids is 1. The van der Waals surface area contributed by atoms with Crippen LogP contribution in [0.3, 0.4) is 0 Å². The maximum atomic E-state index is 13.2. The van der Waals surface area contributed by atoms with Crippen LogP contribution in [-0.2, 0) is 22.4 Å². The third kappa shape index (κ3) is 5.01. The summed E-state index contributed by atoms with van der Waals surface area (Å²) in [6.45, 7) is 0.287. The van der Waals surface area contributed by atoms with Crippen LogP contribution in [0.5, 0.6) is 0 Å². The van der Waals surface area contributed by atoms with E-state index in [-0.39, 0.29) is 25.3 Å². The summed E-state index contributed by atoms with van der Waals surface area (Å²) in [5.41, 5.74) is 0.280. The maximum absolute atomic E-state index is 13.2. The van der Waals surface area contributed by atoms with Crippen molar-refractivity contribution in [2.45, 2.75) is 38.2 Å². The van der Waals surface area contributed by atoms with E-state index >= 15 is 0 Å². The zero-order valence-corrected chi connectivity index (χ0v) is 16.3. The first-order valence-corrected chi connectivity index (χ1v) is 9.88. The van der Waals surface area contributed by atoms with Gasteiger partial charge in [0.05, 0.1) is 6.10 Å². The van der Waals surface area contributed by atoms with E-state index in [1.807, 2.05) is 30.3 Å². The van der Waals surface area contributed by atoms with Gasteiger partial charge in [0.2, 0.25) is 5.91 Å². The molecule has 2 aromatic carbocycles. The van der Waals surface area contributed by atoms with Gasteiger partial charge in [-0.3, -0.25) is 9.59 Å². The average Bonchev–Trinajstić information content (AvgIpc) is 2.72. The van der Waals surface area contributed by atoms with Crippen LogP contribution < -0.4 is 0 Å². The first-order valence-electron chi connectivity index (χ1n) is 9.88. The van der Waals surface area contributed by atoms with Crippen LogP contribution in [0.25, 0.3) is 0 Å². The number of hydrogen-bond donors (Lipinski definition) is 2. The molecule has 1 amide bonds. The molecule has 1 aliphatic heterocycles. The number of carbonyl (C=O) groups excluding carboxylic acids is 1. The second-order valence-corrected chi connectivity index (χ2v) is 7.72. The van der Waals surface area contributed by atoms with Gasteiger partial charge in [-0.25, -0.2) is 4.39 Å². The molecule has 1 aliphatic rings. The third-order valence-corrected chi connectivity index (χ3v) is 5.69. The second kappa shape index (κ2) is 9.18. The van der Waals surface area contributed by atoms with Crippen LogP contribution in [0.1, 0.15) is 30.4 Å². The second-order valence-electron chi connectivity index (χ2n) is 7.72. The van der Waals surface area contributed by atoms with Gasteiger partial charge in [0.1, 0.15) is 11.2 Å². The van der Waals surface area contributed by atoms with Crippen molar-refractivity contribution in [1.82, 2.24) is 4.90 Å². The Morgan fingerprint density at radius 1 is 1.07 bits per heavy atom. The molecule has 2 atom stereocenters. The first kappa shape index (κ1) is 21.0. The fourth-order valence-electron chi connectivity index (χ4n) is 3.96. The fraction of sp³-hybridized carbons (Fsp3) is 0.391. The molecule has 29 heavy (non-hydrogen) atoms. The maximum Gasteiger partial charge on any atom is 0.314 e. The number of aryl methyl sites for hydroxylation is 1. The average molecular weight is 399 g/mol. The minimum atomic E-state index is -1.49. The van der Waals surface area contributed by atoms with Crippen LogP contribution in [0.4, 0.5) is 4.39 Å². The van der Waals surface area contributed by atoms with E-state index in [4.69, 9.17) is 0 Å². The molecule has 1 heterocycles. The molecular weight excluding hydrogens is 373 g/mol. The summed E-state index contributed by atoms with van der Waals surface area (Å²) in [6, 6.07) is 15.5. The highest BCUT2D eigenvalue weighted by molar-refractivity contribution is 5.80. The number of amides is 1. The van der Waals surface area contributed by atoms with Crippen molar-refractivity contribution in [3.05, 3.63) is 71.5 Å². The van der Waals surface area contributed by atoms with Gasteiger partial charge in [0.25, 0.3) is 0 Å². The normalized spacial score (nSPS) is 21.7. The molecule has 6 heteroatoms. The minimum Gasteiger partial charge on any atom is -0.481 e. The van der Waals surface area contributed by atoms with E-state index < -0.39 is 23.3 Å². The largest absolute Gasteiger partial charge is 0.481 e. The van der Waals surface area contributed by atoms with Gasteiger partial charge in [0.15, 0.2) is 0 Å². The summed E-state index contributed by atoms with van der Waals surface area (Å²) in [5.74, 6) is -1.65. The molecule has 2 N–H and O–H groups in total. The first-order chi connectivity index (χ1) is 13.9. The Hall–Kier alpha value is -2.73. The highest BCUT2D eigenvalue weighted by Gasteiger charge is 2.50. The molecule has 2 aromatic rings. The van der Waals surface area contributed by atoms with Crippen LogP contribution in [0.2, 0.25) is 0 Å².